The molecule has 1 aromatic heterocycles. The highest BCUT2D eigenvalue weighted by Gasteiger charge is 2.42. The summed E-state index contributed by atoms with van der Waals surface area (Å²) in [6, 6.07) is 0.361. The minimum atomic E-state index is 0.143. The summed E-state index contributed by atoms with van der Waals surface area (Å²) in [6.07, 6.45) is 4.99. The zero-order valence-electron chi connectivity index (χ0n) is 10.5. The molecule has 17 heavy (non-hydrogen) atoms. The molecule has 0 radical (unpaired) electrons. The predicted octanol–water partition coefficient (Wildman–Crippen LogP) is 2.78. The first-order chi connectivity index (χ1) is 8.11. The minimum absolute atomic E-state index is 0.143. The second-order valence-electron chi connectivity index (χ2n) is 4.58. The maximum Gasteiger partial charge on any atom is 0.157 e. The molecule has 4 nitrogen and oxygen atoms in total. The summed E-state index contributed by atoms with van der Waals surface area (Å²) >= 11 is 3.58. The molecule has 0 aromatic carbocycles. The summed E-state index contributed by atoms with van der Waals surface area (Å²) in [7, 11) is 0. The number of alkyl halides is 1. The van der Waals surface area contributed by atoms with Crippen LogP contribution in [0.1, 0.15) is 33.2 Å². The molecule has 0 N–H and O–H groups in total. The van der Waals surface area contributed by atoms with Crippen molar-refractivity contribution in [1.29, 1.82) is 0 Å². The SMILES string of the molecule is CCOC1C(Br)CC1Oc1cnn(C(C)C)c1. The number of nitrogens with zero attached hydrogens (tertiary/aromatic N) is 2. The van der Waals surface area contributed by atoms with E-state index in [0.29, 0.717) is 10.9 Å². The molecule has 0 saturated heterocycles. The van der Waals surface area contributed by atoms with Crippen LogP contribution in [0, 0.1) is 0 Å². The summed E-state index contributed by atoms with van der Waals surface area (Å²) in [6.45, 7) is 6.92. The Bertz CT molecular complexity index is 367. The highest BCUT2D eigenvalue weighted by atomic mass is 79.9. The van der Waals surface area contributed by atoms with Crippen LogP contribution < -0.4 is 4.74 Å². The fourth-order valence-electron chi connectivity index (χ4n) is 1.89. The van der Waals surface area contributed by atoms with Crippen LogP contribution in [0.3, 0.4) is 0 Å². The normalized spacial score (nSPS) is 28.2. The highest BCUT2D eigenvalue weighted by molar-refractivity contribution is 9.09. The van der Waals surface area contributed by atoms with Crippen molar-refractivity contribution in [3.63, 3.8) is 0 Å². The third-order valence-electron chi connectivity index (χ3n) is 2.93. The molecular weight excluding hydrogens is 284 g/mol. The van der Waals surface area contributed by atoms with Crippen molar-refractivity contribution in [2.24, 2.45) is 0 Å². The highest BCUT2D eigenvalue weighted by Crippen LogP contribution is 2.34. The van der Waals surface area contributed by atoms with Crippen molar-refractivity contribution in [2.45, 2.75) is 50.3 Å². The number of ether oxygens (including phenoxy) is 2. The Hall–Kier alpha value is -0.550. The average molecular weight is 303 g/mol. The molecule has 1 aliphatic carbocycles. The molecule has 0 amide bonds. The Morgan fingerprint density at radius 3 is 2.88 bits per heavy atom. The Kier molecular flexibility index (Phi) is 4.09. The molecule has 1 heterocycles. The van der Waals surface area contributed by atoms with Crippen LogP contribution in [0.4, 0.5) is 0 Å². The lowest BCUT2D eigenvalue weighted by Gasteiger charge is -2.40. The first-order valence-electron chi connectivity index (χ1n) is 6.08. The van der Waals surface area contributed by atoms with Crippen LogP contribution in [0.2, 0.25) is 0 Å². The van der Waals surface area contributed by atoms with E-state index in [9.17, 15) is 0 Å². The topological polar surface area (TPSA) is 36.3 Å². The maximum absolute atomic E-state index is 5.88. The number of hydrogen-bond donors (Lipinski definition) is 0. The molecule has 0 spiro atoms. The monoisotopic (exact) mass is 302 g/mol. The van der Waals surface area contributed by atoms with Gasteiger partial charge in [-0.2, -0.15) is 5.10 Å². The second kappa shape index (κ2) is 5.40. The van der Waals surface area contributed by atoms with Gasteiger partial charge in [-0.15, -0.1) is 0 Å². The zero-order valence-corrected chi connectivity index (χ0v) is 12.1. The molecule has 1 saturated carbocycles. The Balaban J connectivity index is 1.92. The third-order valence-corrected chi connectivity index (χ3v) is 3.83. The van der Waals surface area contributed by atoms with E-state index in [1.807, 2.05) is 17.8 Å². The average Bonchev–Trinajstić information content (AvgIpc) is 2.74. The van der Waals surface area contributed by atoms with E-state index >= 15 is 0 Å². The van der Waals surface area contributed by atoms with Crippen LogP contribution >= 0.6 is 15.9 Å². The molecule has 3 unspecified atom stereocenters. The molecule has 96 valence electrons. The van der Waals surface area contributed by atoms with E-state index in [-0.39, 0.29) is 12.2 Å². The maximum atomic E-state index is 5.88. The van der Waals surface area contributed by atoms with Gasteiger partial charge in [0.05, 0.1) is 12.4 Å². The van der Waals surface area contributed by atoms with Gasteiger partial charge in [-0.25, -0.2) is 0 Å². The Labute approximate surface area is 110 Å². The number of rotatable bonds is 5. The zero-order chi connectivity index (χ0) is 12.4. The quantitative estimate of drug-likeness (QED) is 0.785. The van der Waals surface area contributed by atoms with Crippen molar-refractivity contribution in [1.82, 2.24) is 9.78 Å². The molecule has 1 fully saturated rings. The van der Waals surface area contributed by atoms with Crippen LogP contribution in [0.5, 0.6) is 5.75 Å². The summed E-state index contributed by atoms with van der Waals surface area (Å²) in [5.41, 5.74) is 0. The van der Waals surface area contributed by atoms with Crippen LogP contribution in [0.15, 0.2) is 12.4 Å². The van der Waals surface area contributed by atoms with E-state index in [4.69, 9.17) is 9.47 Å². The van der Waals surface area contributed by atoms with E-state index in [1.54, 1.807) is 6.20 Å². The lowest BCUT2D eigenvalue weighted by atomic mass is 9.91. The van der Waals surface area contributed by atoms with Crippen molar-refractivity contribution in [2.75, 3.05) is 6.61 Å². The summed E-state index contributed by atoms with van der Waals surface area (Å²) in [5.74, 6) is 0.827. The first kappa shape index (κ1) is 12.9. The van der Waals surface area contributed by atoms with Gasteiger partial charge < -0.3 is 9.47 Å². The lowest BCUT2D eigenvalue weighted by molar-refractivity contribution is -0.0723. The molecule has 3 atom stereocenters. The number of aromatic nitrogens is 2. The minimum Gasteiger partial charge on any atom is -0.484 e. The van der Waals surface area contributed by atoms with Crippen LogP contribution in [-0.4, -0.2) is 33.4 Å². The van der Waals surface area contributed by atoms with E-state index in [1.165, 1.54) is 0 Å². The van der Waals surface area contributed by atoms with Crippen molar-refractivity contribution >= 4 is 15.9 Å². The first-order valence-corrected chi connectivity index (χ1v) is 7.00. The van der Waals surface area contributed by atoms with Gasteiger partial charge in [0, 0.05) is 23.9 Å². The third kappa shape index (κ3) is 2.83. The Morgan fingerprint density at radius 2 is 2.35 bits per heavy atom. The van der Waals surface area contributed by atoms with Gasteiger partial charge in [-0.1, -0.05) is 15.9 Å². The summed E-state index contributed by atoms with van der Waals surface area (Å²) in [4.78, 5) is 0.410. The van der Waals surface area contributed by atoms with E-state index in [0.717, 1.165) is 18.8 Å². The van der Waals surface area contributed by atoms with Gasteiger partial charge >= 0.3 is 0 Å². The molecule has 1 aromatic rings. The van der Waals surface area contributed by atoms with Crippen molar-refractivity contribution in [3.8, 4) is 5.75 Å². The van der Waals surface area contributed by atoms with Gasteiger partial charge in [0.25, 0.3) is 0 Å². The fourth-order valence-corrected chi connectivity index (χ4v) is 2.75. The molecule has 5 heteroatoms. The second-order valence-corrected chi connectivity index (χ2v) is 5.75. The summed E-state index contributed by atoms with van der Waals surface area (Å²) < 4.78 is 13.4. The number of halogens is 1. The van der Waals surface area contributed by atoms with Crippen LogP contribution in [0.25, 0.3) is 0 Å². The fraction of sp³-hybridized carbons (Fsp3) is 0.750. The predicted molar refractivity (Wildman–Crippen MR) is 69.8 cm³/mol. The lowest BCUT2D eigenvalue weighted by Crippen LogP contribution is -2.52. The molecule has 0 bridgehead atoms. The van der Waals surface area contributed by atoms with E-state index in [2.05, 4.69) is 34.9 Å². The van der Waals surface area contributed by atoms with E-state index < -0.39 is 0 Å². The van der Waals surface area contributed by atoms with Gasteiger partial charge in [0.2, 0.25) is 0 Å². The smallest absolute Gasteiger partial charge is 0.157 e. The van der Waals surface area contributed by atoms with Crippen LogP contribution in [-0.2, 0) is 4.74 Å². The number of hydrogen-bond acceptors (Lipinski definition) is 3. The standard InChI is InChI=1S/C12H19BrN2O2/c1-4-16-12-10(13)5-11(12)17-9-6-14-15(7-9)8(2)3/h6-8,10-12H,4-5H2,1-3H3. The van der Waals surface area contributed by atoms with Crippen molar-refractivity contribution < 1.29 is 9.47 Å². The molecular formula is C12H19BrN2O2. The Morgan fingerprint density at radius 1 is 1.59 bits per heavy atom. The van der Waals surface area contributed by atoms with Crippen molar-refractivity contribution in [3.05, 3.63) is 12.4 Å². The van der Waals surface area contributed by atoms with Gasteiger partial charge in [0.15, 0.2) is 5.75 Å². The molecule has 1 aliphatic rings. The van der Waals surface area contributed by atoms with Gasteiger partial charge in [-0.3, -0.25) is 4.68 Å². The van der Waals surface area contributed by atoms with Gasteiger partial charge in [0.1, 0.15) is 12.2 Å². The largest absolute Gasteiger partial charge is 0.484 e. The van der Waals surface area contributed by atoms with Gasteiger partial charge in [-0.05, 0) is 20.8 Å². The summed E-state index contributed by atoms with van der Waals surface area (Å²) in [5, 5.41) is 4.26. The molecule has 0 aliphatic heterocycles. The molecule has 2 rings (SSSR count).